The summed E-state index contributed by atoms with van der Waals surface area (Å²) in [6.07, 6.45) is 1.33. The Labute approximate surface area is 89.2 Å². The van der Waals surface area contributed by atoms with Crippen LogP contribution in [0.2, 0.25) is 0 Å². The number of carbonyl (C=O) groups excluding carboxylic acids is 1. The average Bonchev–Trinajstić information content (AvgIpc) is 2.69. The average molecular weight is 214 g/mol. The zero-order valence-corrected chi connectivity index (χ0v) is 9.33. The van der Waals surface area contributed by atoms with Gasteiger partial charge in [-0.05, 0) is 18.3 Å². The second kappa shape index (κ2) is 4.08. The normalized spacial score (nSPS) is 24.1. The van der Waals surface area contributed by atoms with Crippen molar-refractivity contribution in [3.63, 3.8) is 0 Å². The molecule has 1 fully saturated rings. The smallest absolute Gasteiger partial charge is 0.326 e. The molecule has 5 heteroatoms. The summed E-state index contributed by atoms with van der Waals surface area (Å²) in [7, 11) is 0. The summed E-state index contributed by atoms with van der Waals surface area (Å²) < 4.78 is 0. The highest BCUT2D eigenvalue weighted by Crippen LogP contribution is 2.44. The van der Waals surface area contributed by atoms with Crippen LogP contribution in [0, 0.1) is 5.41 Å². The zero-order chi connectivity index (χ0) is 11.6. The van der Waals surface area contributed by atoms with E-state index >= 15 is 0 Å². The van der Waals surface area contributed by atoms with Crippen LogP contribution in [-0.4, -0.2) is 29.2 Å². The molecule has 0 aromatic heterocycles. The summed E-state index contributed by atoms with van der Waals surface area (Å²) in [6, 6.07) is -1.02. The predicted molar refractivity (Wildman–Crippen MR) is 55.6 cm³/mol. The van der Waals surface area contributed by atoms with Crippen molar-refractivity contribution in [1.29, 1.82) is 0 Å². The SMILES string of the molecule is CC[C@H](NC(=O)NC1CC1(C)C)C(=O)O. The lowest BCUT2D eigenvalue weighted by molar-refractivity contribution is -0.139. The van der Waals surface area contributed by atoms with E-state index in [9.17, 15) is 9.59 Å². The van der Waals surface area contributed by atoms with E-state index in [-0.39, 0.29) is 17.5 Å². The molecule has 1 rings (SSSR count). The Hall–Kier alpha value is -1.26. The van der Waals surface area contributed by atoms with Gasteiger partial charge in [-0.15, -0.1) is 0 Å². The fraction of sp³-hybridized carbons (Fsp3) is 0.800. The van der Waals surface area contributed by atoms with Gasteiger partial charge in [0.1, 0.15) is 6.04 Å². The van der Waals surface area contributed by atoms with Gasteiger partial charge >= 0.3 is 12.0 Å². The number of amides is 2. The molecule has 0 aromatic carbocycles. The Morgan fingerprint density at radius 2 is 2.07 bits per heavy atom. The molecule has 15 heavy (non-hydrogen) atoms. The first-order valence-corrected chi connectivity index (χ1v) is 5.16. The minimum Gasteiger partial charge on any atom is -0.480 e. The highest BCUT2D eigenvalue weighted by atomic mass is 16.4. The Morgan fingerprint density at radius 3 is 2.40 bits per heavy atom. The minimum atomic E-state index is -0.997. The maximum absolute atomic E-state index is 11.4. The monoisotopic (exact) mass is 214 g/mol. The van der Waals surface area contributed by atoms with Crippen molar-refractivity contribution in [3.8, 4) is 0 Å². The van der Waals surface area contributed by atoms with E-state index in [1.807, 2.05) is 0 Å². The van der Waals surface area contributed by atoms with Gasteiger partial charge < -0.3 is 15.7 Å². The molecule has 1 aliphatic carbocycles. The number of carboxylic acid groups (broad SMARTS) is 1. The van der Waals surface area contributed by atoms with Crippen LogP contribution in [0.5, 0.6) is 0 Å². The number of aliphatic carboxylic acids is 1. The van der Waals surface area contributed by atoms with Crippen LogP contribution < -0.4 is 10.6 Å². The molecule has 3 N–H and O–H groups in total. The van der Waals surface area contributed by atoms with E-state index < -0.39 is 12.0 Å². The third kappa shape index (κ3) is 3.11. The number of nitrogens with one attached hydrogen (secondary N) is 2. The van der Waals surface area contributed by atoms with Crippen LogP contribution in [-0.2, 0) is 4.79 Å². The second-order valence-corrected chi connectivity index (χ2v) is 4.66. The van der Waals surface area contributed by atoms with Gasteiger partial charge in [-0.25, -0.2) is 9.59 Å². The van der Waals surface area contributed by atoms with Gasteiger partial charge in [0, 0.05) is 6.04 Å². The third-order valence-corrected chi connectivity index (χ3v) is 2.83. The molecule has 2 amide bonds. The van der Waals surface area contributed by atoms with Crippen molar-refractivity contribution in [2.75, 3.05) is 0 Å². The van der Waals surface area contributed by atoms with E-state index in [1.165, 1.54) is 0 Å². The molecule has 0 saturated heterocycles. The summed E-state index contributed by atoms with van der Waals surface area (Å²) in [6.45, 7) is 5.85. The molecule has 1 aliphatic rings. The lowest BCUT2D eigenvalue weighted by Gasteiger charge is -2.13. The largest absolute Gasteiger partial charge is 0.480 e. The van der Waals surface area contributed by atoms with Crippen LogP contribution in [0.25, 0.3) is 0 Å². The number of hydrogen-bond donors (Lipinski definition) is 3. The molecule has 1 saturated carbocycles. The maximum Gasteiger partial charge on any atom is 0.326 e. The fourth-order valence-corrected chi connectivity index (χ4v) is 1.41. The number of urea groups is 1. The quantitative estimate of drug-likeness (QED) is 0.652. The summed E-state index contributed by atoms with van der Waals surface area (Å²) in [4.78, 5) is 22.0. The predicted octanol–water partition coefficient (Wildman–Crippen LogP) is 0.947. The molecule has 86 valence electrons. The van der Waals surface area contributed by atoms with Crippen LogP contribution in [0.3, 0.4) is 0 Å². The Kier molecular flexibility index (Phi) is 3.21. The lowest BCUT2D eigenvalue weighted by atomic mass is 10.2. The van der Waals surface area contributed by atoms with E-state index in [1.54, 1.807) is 6.92 Å². The van der Waals surface area contributed by atoms with Crippen LogP contribution in [0.4, 0.5) is 4.79 Å². The summed E-state index contributed by atoms with van der Waals surface area (Å²) in [5.74, 6) is -0.997. The maximum atomic E-state index is 11.4. The van der Waals surface area contributed by atoms with E-state index in [0.717, 1.165) is 6.42 Å². The number of rotatable bonds is 4. The topological polar surface area (TPSA) is 78.4 Å². The molecule has 2 atom stereocenters. The van der Waals surface area contributed by atoms with Gasteiger partial charge in [0.2, 0.25) is 0 Å². The molecule has 5 nitrogen and oxygen atoms in total. The van der Waals surface area contributed by atoms with Crippen molar-refractivity contribution in [2.24, 2.45) is 5.41 Å². The van der Waals surface area contributed by atoms with Crippen LogP contribution in [0.1, 0.15) is 33.6 Å². The third-order valence-electron chi connectivity index (χ3n) is 2.83. The minimum absolute atomic E-state index is 0.155. The van der Waals surface area contributed by atoms with Gasteiger partial charge in [-0.2, -0.15) is 0 Å². The fourth-order valence-electron chi connectivity index (χ4n) is 1.41. The van der Waals surface area contributed by atoms with E-state index in [4.69, 9.17) is 5.11 Å². The molecule has 0 aliphatic heterocycles. The molecule has 0 spiro atoms. The van der Waals surface area contributed by atoms with Gasteiger partial charge in [0.15, 0.2) is 0 Å². The summed E-state index contributed by atoms with van der Waals surface area (Å²) >= 11 is 0. The van der Waals surface area contributed by atoms with Gasteiger partial charge in [0.05, 0.1) is 0 Å². The molecule has 0 heterocycles. The first-order chi connectivity index (χ1) is 6.86. The first kappa shape index (κ1) is 11.8. The van der Waals surface area contributed by atoms with Gasteiger partial charge in [-0.1, -0.05) is 20.8 Å². The van der Waals surface area contributed by atoms with Crippen molar-refractivity contribution < 1.29 is 14.7 Å². The summed E-state index contributed by atoms with van der Waals surface area (Å²) in [5, 5.41) is 13.9. The molecule has 0 radical (unpaired) electrons. The van der Waals surface area contributed by atoms with Crippen molar-refractivity contribution >= 4 is 12.0 Å². The number of carboxylic acids is 1. The molecular weight excluding hydrogens is 196 g/mol. The number of carbonyl (C=O) groups is 2. The lowest BCUT2D eigenvalue weighted by Crippen LogP contribution is -2.46. The first-order valence-electron chi connectivity index (χ1n) is 5.16. The van der Waals surface area contributed by atoms with Crippen molar-refractivity contribution in [3.05, 3.63) is 0 Å². The van der Waals surface area contributed by atoms with E-state index in [2.05, 4.69) is 24.5 Å². The van der Waals surface area contributed by atoms with Gasteiger partial charge in [0.25, 0.3) is 0 Å². The highest BCUT2D eigenvalue weighted by Gasteiger charge is 2.46. The number of hydrogen-bond acceptors (Lipinski definition) is 2. The van der Waals surface area contributed by atoms with E-state index in [0.29, 0.717) is 6.42 Å². The molecule has 1 unspecified atom stereocenters. The van der Waals surface area contributed by atoms with Gasteiger partial charge in [-0.3, -0.25) is 0 Å². The van der Waals surface area contributed by atoms with Crippen molar-refractivity contribution in [1.82, 2.24) is 10.6 Å². The molecule has 0 bridgehead atoms. The summed E-state index contributed by atoms with van der Waals surface area (Å²) in [5.41, 5.74) is 0.155. The zero-order valence-electron chi connectivity index (χ0n) is 9.33. The Bertz CT molecular complexity index is 276. The van der Waals surface area contributed by atoms with Crippen LogP contribution in [0.15, 0.2) is 0 Å². The Morgan fingerprint density at radius 1 is 1.53 bits per heavy atom. The Balaban J connectivity index is 2.33. The molecular formula is C10H18N2O3. The second-order valence-electron chi connectivity index (χ2n) is 4.66. The highest BCUT2D eigenvalue weighted by molar-refractivity contribution is 5.82. The molecule has 0 aromatic rings. The van der Waals surface area contributed by atoms with Crippen molar-refractivity contribution in [2.45, 2.75) is 45.7 Å². The van der Waals surface area contributed by atoms with Crippen LogP contribution >= 0.6 is 0 Å². The standard InChI is InChI=1S/C10H18N2O3/c1-4-6(8(13)14)11-9(15)12-7-5-10(7,2)3/h6-7H,4-5H2,1-3H3,(H,13,14)(H2,11,12,15)/t6-,7?/m0/s1.